The molecule has 2 heterocycles. The number of carbonyl (C=O) groups excluding carboxylic acids is 1. The zero-order chi connectivity index (χ0) is 17.0. The molecule has 0 saturated carbocycles. The maximum absolute atomic E-state index is 12.1. The van der Waals surface area contributed by atoms with Crippen molar-refractivity contribution in [1.29, 1.82) is 0 Å². The Bertz CT molecular complexity index is 518. The number of aliphatic hydroxyl groups is 1. The Morgan fingerprint density at radius 1 is 1.48 bits per heavy atom. The van der Waals surface area contributed by atoms with Gasteiger partial charge in [-0.15, -0.1) is 11.3 Å². The van der Waals surface area contributed by atoms with Crippen molar-refractivity contribution < 1.29 is 19.4 Å². The molecule has 1 aliphatic heterocycles. The molecule has 0 bridgehead atoms. The van der Waals surface area contributed by atoms with Crippen LogP contribution < -0.4 is 0 Å². The minimum atomic E-state index is -0.952. The van der Waals surface area contributed by atoms with Gasteiger partial charge in [-0.25, -0.2) is 9.78 Å². The van der Waals surface area contributed by atoms with E-state index in [2.05, 4.69) is 4.98 Å². The molecule has 6 nitrogen and oxygen atoms in total. The van der Waals surface area contributed by atoms with Crippen LogP contribution in [0.2, 0.25) is 0 Å². The van der Waals surface area contributed by atoms with Gasteiger partial charge in [0, 0.05) is 31.0 Å². The van der Waals surface area contributed by atoms with Crippen LogP contribution in [0.15, 0.2) is 5.38 Å². The van der Waals surface area contributed by atoms with Crippen LogP contribution in [-0.2, 0) is 9.47 Å². The van der Waals surface area contributed by atoms with Crippen LogP contribution >= 0.6 is 11.3 Å². The molecule has 1 unspecified atom stereocenters. The third-order valence-electron chi connectivity index (χ3n) is 3.61. The van der Waals surface area contributed by atoms with Crippen molar-refractivity contribution in [3.8, 4) is 0 Å². The summed E-state index contributed by atoms with van der Waals surface area (Å²) in [5, 5.41) is 12.7. The fourth-order valence-electron chi connectivity index (χ4n) is 2.48. The molecule has 1 fully saturated rings. The number of aromatic nitrogens is 1. The van der Waals surface area contributed by atoms with Crippen molar-refractivity contribution in [3.63, 3.8) is 0 Å². The number of likely N-dealkylation sites (tertiary alicyclic amines) is 1. The number of aliphatic hydroxyl groups excluding tert-OH is 1. The van der Waals surface area contributed by atoms with Crippen molar-refractivity contribution in [2.45, 2.75) is 58.3 Å². The molecule has 0 aliphatic carbocycles. The highest BCUT2D eigenvalue weighted by Gasteiger charge is 2.29. The number of ether oxygens (including phenoxy) is 2. The Hall–Kier alpha value is -1.18. The standard InChI is InChI=1S/C16H26N2O4S/c1-5-21-14(19)12-10-23-13(17-12)11-6-8-18(9-7-11)15(20)22-16(2,3)4/h10-11,14,19H,5-9H2,1-4H3. The number of nitrogens with zero attached hydrogens (tertiary/aromatic N) is 2. The summed E-state index contributed by atoms with van der Waals surface area (Å²) in [5.74, 6) is 0.321. The van der Waals surface area contributed by atoms with E-state index in [0.29, 0.717) is 31.3 Å². The van der Waals surface area contributed by atoms with E-state index in [-0.39, 0.29) is 6.09 Å². The van der Waals surface area contributed by atoms with Crippen LogP contribution in [0, 0.1) is 0 Å². The number of hydrogen-bond acceptors (Lipinski definition) is 6. The van der Waals surface area contributed by atoms with Crippen LogP contribution in [0.25, 0.3) is 0 Å². The Balaban J connectivity index is 1.88. The fraction of sp³-hybridized carbons (Fsp3) is 0.750. The molecular weight excluding hydrogens is 316 g/mol. The topological polar surface area (TPSA) is 71.9 Å². The summed E-state index contributed by atoms with van der Waals surface area (Å²) in [6.45, 7) is 9.24. The summed E-state index contributed by atoms with van der Waals surface area (Å²) >= 11 is 1.54. The van der Waals surface area contributed by atoms with Gasteiger partial charge in [0.05, 0.1) is 5.01 Å². The van der Waals surface area contributed by atoms with Crippen LogP contribution in [0.3, 0.4) is 0 Å². The number of amides is 1. The minimum Gasteiger partial charge on any atom is -0.444 e. The fourth-order valence-corrected chi connectivity index (χ4v) is 3.48. The van der Waals surface area contributed by atoms with E-state index in [1.807, 2.05) is 33.1 Å². The second kappa shape index (κ2) is 7.59. The van der Waals surface area contributed by atoms with E-state index < -0.39 is 11.9 Å². The first-order chi connectivity index (χ1) is 10.8. The van der Waals surface area contributed by atoms with Crippen LogP contribution in [0.1, 0.15) is 63.4 Å². The average Bonchev–Trinajstić information content (AvgIpc) is 2.96. The maximum Gasteiger partial charge on any atom is 0.410 e. The zero-order valence-corrected chi connectivity index (χ0v) is 15.1. The summed E-state index contributed by atoms with van der Waals surface area (Å²) < 4.78 is 10.6. The molecule has 7 heteroatoms. The number of carbonyl (C=O) groups is 1. The highest BCUT2D eigenvalue weighted by molar-refractivity contribution is 7.09. The number of piperidine rings is 1. The molecule has 1 aromatic heterocycles. The predicted octanol–water partition coefficient (Wildman–Crippen LogP) is 3.29. The first-order valence-corrected chi connectivity index (χ1v) is 8.91. The van der Waals surface area contributed by atoms with E-state index in [9.17, 15) is 9.90 Å². The molecule has 130 valence electrons. The molecule has 1 amide bonds. The normalized spacial score (nSPS) is 18.0. The molecule has 1 N–H and O–H groups in total. The SMILES string of the molecule is CCOC(O)c1csc(C2CCN(C(=O)OC(C)(C)C)CC2)n1. The molecule has 0 spiro atoms. The lowest BCUT2D eigenvalue weighted by atomic mass is 9.98. The van der Waals surface area contributed by atoms with Gasteiger partial charge in [-0.1, -0.05) is 0 Å². The Morgan fingerprint density at radius 3 is 2.70 bits per heavy atom. The maximum atomic E-state index is 12.1. The monoisotopic (exact) mass is 342 g/mol. The quantitative estimate of drug-likeness (QED) is 0.850. The van der Waals surface area contributed by atoms with Crippen LogP contribution in [0.5, 0.6) is 0 Å². The van der Waals surface area contributed by atoms with E-state index in [1.165, 1.54) is 0 Å². The van der Waals surface area contributed by atoms with Crippen LogP contribution in [-0.4, -0.2) is 46.4 Å². The van der Waals surface area contributed by atoms with Crippen LogP contribution in [0.4, 0.5) is 4.79 Å². The second-order valence-corrected chi connectivity index (χ2v) is 7.55. The second-order valence-electron chi connectivity index (χ2n) is 6.66. The Morgan fingerprint density at radius 2 is 2.13 bits per heavy atom. The third-order valence-corrected chi connectivity index (χ3v) is 4.64. The lowest BCUT2D eigenvalue weighted by Crippen LogP contribution is -2.41. The van der Waals surface area contributed by atoms with Crippen molar-refractivity contribution in [1.82, 2.24) is 9.88 Å². The van der Waals surface area contributed by atoms with Gasteiger partial charge in [0.2, 0.25) is 0 Å². The summed E-state index contributed by atoms with van der Waals surface area (Å²) in [4.78, 5) is 18.3. The number of hydrogen-bond donors (Lipinski definition) is 1. The van der Waals surface area contributed by atoms with E-state index in [4.69, 9.17) is 9.47 Å². The van der Waals surface area contributed by atoms with Crippen molar-refractivity contribution in [2.75, 3.05) is 19.7 Å². The first kappa shape index (κ1) is 18.2. The predicted molar refractivity (Wildman–Crippen MR) is 88.5 cm³/mol. The van der Waals surface area contributed by atoms with E-state index >= 15 is 0 Å². The smallest absolute Gasteiger partial charge is 0.410 e. The zero-order valence-electron chi connectivity index (χ0n) is 14.2. The number of thiazole rings is 1. The number of rotatable bonds is 4. The van der Waals surface area contributed by atoms with Gasteiger partial charge in [0.15, 0.2) is 6.29 Å². The molecule has 1 atom stereocenters. The summed E-state index contributed by atoms with van der Waals surface area (Å²) in [7, 11) is 0. The average molecular weight is 342 g/mol. The van der Waals surface area contributed by atoms with Gasteiger partial charge in [0.25, 0.3) is 0 Å². The van der Waals surface area contributed by atoms with Crippen molar-refractivity contribution >= 4 is 17.4 Å². The molecule has 1 aliphatic rings. The first-order valence-electron chi connectivity index (χ1n) is 8.03. The molecule has 1 saturated heterocycles. The lowest BCUT2D eigenvalue weighted by Gasteiger charge is -2.32. The molecule has 0 radical (unpaired) electrons. The van der Waals surface area contributed by atoms with E-state index in [0.717, 1.165) is 17.8 Å². The summed E-state index contributed by atoms with van der Waals surface area (Å²) in [6.07, 6.45) is 0.516. The van der Waals surface area contributed by atoms with Gasteiger partial charge in [-0.05, 0) is 40.5 Å². The molecule has 1 aromatic rings. The molecular formula is C16H26N2O4S. The molecule has 2 rings (SSSR count). The summed E-state index contributed by atoms with van der Waals surface area (Å²) in [6, 6.07) is 0. The van der Waals surface area contributed by atoms with Gasteiger partial charge in [0.1, 0.15) is 11.3 Å². The highest BCUT2D eigenvalue weighted by atomic mass is 32.1. The van der Waals surface area contributed by atoms with Crippen molar-refractivity contribution in [2.24, 2.45) is 0 Å². The highest BCUT2D eigenvalue weighted by Crippen LogP contribution is 2.32. The summed E-state index contributed by atoms with van der Waals surface area (Å²) in [5.41, 5.74) is 0.106. The van der Waals surface area contributed by atoms with Gasteiger partial charge >= 0.3 is 6.09 Å². The lowest BCUT2D eigenvalue weighted by molar-refractivity contribution is -0.100. The third kappa shape index (κ3) is 5.16. The Labute approximate surface area is 141 Å². The molecule has 23 heavy (non-hydrogen) atoms. The Kier molecular flexibility index (Phi) is 6.00. The van der Waals surface area contributed by atoms with Gasteiger partial charge in [-0.2, -0.15) is 0 Å². The van der Waals surface area contributed by atoms with Gasteiger partial charge < -0.3 is 19.5 Å². The van der Waals surface area contributed by atoms with Gasteiger partial charge in [-0.3, -0.25) is 0 Å². The minimum absolute atomic E-state index is 0.248. The largest absolute Gasteiger partial charge is 0.444 e. The van der Waals surface area contributed by atoms with Crippen molar-refractivity contribution in [3.05, 3.63) is 16.1 Å². The van der Waals surface area contributed by atoms with E-state index in [1.54, 1.807) is 16.2 Å². The molecule has 0 aromatic carbocycles.